The van der Waals surface area contributed by atoms with Gasteiger partial charge in [-0.25, -0.2) is 0 Å². The fourth-order valence-electron chi connectivity index (χ4n) is 2.96. The molecule has 0 unspecified atom stereocenters. The first-order valence-corrected chi connectivity index (χ1v) is 7.92. The molecule has 0 radical (unpaired) electrons. The molecule has 5 nitrogen and oxygen atoms in total. The largest absolute Gasteiger partial charge is 0.493 e. The van der Waals surface area contributed by atoms with E-state index in [-0.39, 0.29) is 12.3 Å². The molecule has 3 rings (SSSR count). The smallest absolute Gasteiger partial charge is 0.248 e. The summed E-state index contributed by atoms with van der Waals surface area (Å²) in [5, 5.41) is 0. The molecular formula is C19H24N2O3. The van der Waals surface area contributed by atoms with E-state index in [1.807, 2.05) is 30.3 Å². The van der Waals surface area contributed by atoms with E-state index < -0.39 is 5.91 Å². The quantitative estimate of drug-likeness (QED) is 0.868. The van der Waals surface area contributed by atoms with Gasteiger partial charge in [-0.1, -0.05) is 18.2 Å². The number of methoxy groups -OCH3 is 1. The first-order valence-electron chi connectivity index (χ1n) is 7.92. The van der Waals surface area contributed by atoms with Gasteiger partial charge in [-0.3, -0.25) is 4.79 Å². The van der Waals surface area contributed by atoms with Crippen molar-refractivity contribution in [1.29, 1.82) is 0 Å². The maximum absolute atomic E-state index is 11.2. The lowest BCUT2D eigenvalue weighted by molar-refractivity contribution is 0.100. The Morgan fingerprint density at radius 1 is 1.00 bits per heavy atom. The van der Waals surface area contributed by atoms with Crippen LogP contribution in [0.15, 0.2) is 42.5 Å². The zero-order valence-electron chi connectivity index (χ0n) is 14.0. The second kappa shape index (κ2) is 7.84. The highest BCUT2D eigenvalue weighted by atomic mass is 16.5. The molecule has 5 N–H and O–H groups in total. The Kier molecular flexibility index (Phi) is 5.82. The zero-order valence-corrected chi connectivity index (χ0v) is 14.0. The highest BCUT2D eigenvalue weighted by molar-refractivity contribution is 5.93. The van der Waals surface area contributed by atoms with Gasteiger partial charge in [-0.15, -0.1) is 0 Å². The maximum atomic E-state index is 11.2. The van der Waals surface area contributed by atoms with Gasteiger partial charge >= 0.3 is 0 Å². The van der Waals surface area contributed by atoms with Crippen molar-refractivity contribution in [1.82, 2.24) is 6.15 Å². The average Bonchev–Trinajstić information content (AvgIpc) is 3.08. The summed E-state index contributed by atoms with van der Waals surface area (Å²) >= 11 is 0. The Morgan fingerprint density at radius 3 is 2.21 bits per heavy atom. The summed E-state index contributed by atoms with van der Waals surface area (Å²) in [6.07, 6.45) is 4.92. The van der Waals surface area contributed by atoms with Gasteiger partial charge in [0.25, 0.3) is 0 Å². The molecule has 0 spiro atoms. The number of hydrogen-bond donors (Lipinski definition) is 2. The number of rotatable bonds is 5. The van der Waals surface area contributed by atoms with Crippen LogP contribution in [0.25, 0.3) is 11.1 Å². The summed E-state index contributed by atoms with van der Waals surface area (Å²) in [6.45, 7) is 0. The van der Waals surface area contributed by atoms with E-state index in [1.165, 1.54) is 12.8 Å². The first kappa shape index (κ1) is 17.8. The molecule has 1 saturated carbocycles. The highest BCUT2D eigenvalue weighted by Gasteiger charge is 2.18. The van der Waals surface area contributed by atoms with Crippen LogP contribution in [0.2, 0.25) is 0 Å². The van der Waals surface area contributed by atoms with Crippen LogP contribution < -0.4 is 21.4 Å². The number of amides is 1. The number of carbonyl (C=O) groups excluding carboxylic acids is 1. The van der Waals surface area contributed by atoms with Crippen LogP contribution in [-0.4, -0.2) is 19.1 Å². The van der Waals surface area contributed by atoms with E-state index in [1.54, 1.807) is 19.2 Å². The third kappa shape index (κ3) is 3.86. The average molecular weight is 328 g/mol. The topological polar surface area (TPSA) is 96.5 Å². The highest BCUT2D eigenvalue weighted by Crippen LogP contribution is 2.35. The van der Waals surface area contributed by atoms with E-state index in [0.717, 1.165) is 35.5 Å². The van der Waals surface area contributed by atoms with E-state index >= 15 is 0 Å². The Morgan fingerprint density at radius 2 is 1.62 bits per heavy atom. The number of nitrogens with two attached hydrogens (primary N) is 1. The van der Waals surface area contributed by atoms with Gasteiger partial charge in [0.1, 0.15) is 0 Å². The molecule has 24 heavy (non-hydrogen) atoms. The summed E-state index contributed by atoms with van der Waals surface area (Å²) in [7, 11) is 1.65. The third-order valence-electron chi connectivity index (χ3n) is 4.26. The molecule has 0 heterocycles. The molecule has 1 aliphatic rings. The second-order valence-corrected chi connectivity index (χ2v) is 5.83. The molecular weight excluding hydrogens is 304 g/mol. The summed E-state index contributed by atoms with van der Waals surface area (Å²) in [5.41, 5.74) is 7.82. The van der Waals surface area contributed by atoms with Crippen LogP contribution >= 0.6 is 0 Å². The maximum Gasteiger partial charge on any atom is 0.248 e. The van der Waals surface area contributed by atoms with E-state index in [0.29, 0.717) is 5.56 Å². The predicted octanol–water partition coefficient (Wildman–Crippen LogP) is 3.94. The second-order valence-electron chi connectivity index (χ2n) is 5.83. The molecule has 1 aliphatic carbocycles. The number of benzene rings is 2. The van der Waals surface area contributed by atoms with Crippen LogP contribution in [-0.2, 0) is 0 Å². The van der Waals surface area contributed by atoms with Crippen molar-refractivity contribution in [2.75, 3.05) is 7.11 Å². The van der Waals surface area contributed by atoms with Gasteiger partial charge in [0.05, 0.1) is 13.2 Å². The van der Waals surface area contributed by atoms with Gasteiger partial charge in [0.2, 0.25) is 5.91 Å². The summed E-state index contributed by atoms with van der Waals surface area (Å²) in [4.78, 5) is 11.2. The van der Waals surface area contributed by atoms with Crippen molar-refractivity contribution in [3.8, 4) is 22.6 Å². The van der Waals surface area contributed by atoms with Crippen molar-refractivity contribution < 1.29 is 14.3 Å². The van der Waals surface area contributed by atoms with Crippen molar-refractivity contribution in [3.63, 3.8) is 0 Å². The normalized spacial score (nSPS) is 14.0. The first-order chi connectivity index (χ1) is 11.2. The van der Waals surface area contributed by atoms with Gasteiger partial charge in [0.15, 0.2) is 11.5 Å². The monoisotopic (exact) mass is 328 g/mol. The molecule has 128 valence electrons. The van der Waals surface area contributed by atoms with Gasteiger partial charge in [-0.05, 0) is 61.1 Å². The minimum Gasteiger partial charge on any atom is -0.493 e. The van der Waals surface area contributed by atoms with E-state index in [9.17, 15) is 4.79 Å². The lowest BCUT2D eigenvalue weighted by Gasteiger charge is -2.17. The molecule has 2 aromatic carbocycles. The summed E-state index contributed by atoms with van der Waals surface area (Å²) < 4.78 is 11.5. The van der Waals surface area contributed by atoms with Crippen molar-refractivity contribution in [2.45, 2.75) is 31.8 Å². The number of ether oxygens (including phenoxy) is 2. The van der Waals surface area contributed by atoms with Crippen LogP contribution in [0.5, 0.6) is 11.5 Å². The van der Waals surface area contributed by atoms with Crippen LogP contribution in [0.4, 0.5) is 0 Å². The summed E-state index contributed by atoms with van der Waals surface area (Å²) in [5.74, 6) is 1.10. The molecule has 2 aromatic rings. The lowest BCUT2D eigenvalue weighted by atomic mass is 10.0. The minimum atomic E-state index is -0.420. The van der Waals surface area contributed by atoms with Crippen molar-refractivity contribution >= 4 is 5.91 Å². The van der Waals surface area contributed by atoms with Crippen LogP contribution in [0.1, 0.15) is 36.0 Å². The molecule has 0 atom stereocenters. The minimum absolute atomic E-state index is 0. The van der Waals surface area contributed by atoms with Crippen molar-refractivity contribution in [2.24, 2.45) is 5.73 Å². The number of hydrogen-bond acceptors (Lipinski definition) is 4. The van der Waals surface area contributed by atoms with Crippen LogP contribution in [0, 0.1) is 0 Å². The van der Waals surface area contributed by atoms with E-state index in [4.69, 9.17) is 15.2 Å². The number of primary amides is 1. The standard InChI is InChI=1S/C19H21NO3.H3N/c1-22-17-11-10-15(12-18(17)23-16-4-2-3-5-16)13-6-8-14(9-7-13)19(20)21;/h6-12,16H,2-5H2,1H3,(H2,20,21);1H3. The molecule has 1 amide bonds. The SMILES string of the molecule is COc1ccc(-c2ccc(C(N)=O)cc2)cc1OC1CCCC1.N. The van der Waals surface area contributed by atoms with Gasteiger partial charge < -0.3 is 21.4 Å². The predicted molar refractivity (Wildman–Crippen MR) is 94.9 cm³/mol. The summed E-state index contributed by atoms with van der Waals surface area (Å²) in [6, 6.07) is 13.2. The molecule has 5 heteroatoms. The fraction of sp³-hybridized carbons (Fsp3) is 0.316. The van der Waals surface area contributed by atoms with Crippen molar-refractivity contribution in [3.05, 3.63) is 48.0 Å². The lowest BCUT2D eigenvalue weighted by Crippen LogP contribution is -2.11. The van der Waals surface area contributed by atoms with E-state index in [2.05, 4.69) is 0 Å². The molecule has 0 saturated heterocycles. The van der Waals surface area contributed by atoms with Gasteiger partial charge in [-0.2, -0.15) is 0 Å². The fourth-order valence-corrected chi connectivity index (χ4v) is 2.96. The van der Waals surface area contributed by atoms with Gasteiger partial charge in [0, 0.05) is 5.56 Å². The third-order valence-corrected chi connectivity index (χ3v) is 4.26. The Labute approximate surface area is 142 Å². The zero-order chi connectivity index (χ0) is 16.2. The number of carbonyl (C=O) groups is 1. The Hall–Kier alpha value is -2.53. The van der Waals surface area contributed by atoms with Crippen LogP contribution in [0.3, 0.4) is 0 Å². The Balaban J connectivity index is 0.00000208. The molecule has 1 fully saturated rings. The molecule has 0 bridgehead atoms. The molecule has 0 aromatic heterocycles. The molecule has 0 aliphatic heterocycles. The Bertz CT molecular complexity index is 692.